The van der Waals surface area contributed by atoms with Gasteiger partial charge in [0, 0.05) is 16.0 Å². The van der Waals surface area contributed by atoms with Crippen LogP contribution in [0.5, 0.6) is 0 Å². The van der Waals surface area contributed by atoms with Crippen LogP contribution in [0.1, 0.15) is 12.0 Å². The minimum absolute atomic E-state index is 0.00574. The van der Waals surface area contributed by atoms with Gasteiger partial charge in [-0.2, -0.15) is 0 Å². The molecule has 1 aromatic rings. The molecule has 2 N–H and O–H groups in total. The standard InChI is InChI=1S/C10H11BrFN/c11-9-4-2-1-3-8(9)10(12)5-7(10)6-13/h1-4,7H,5-6,13H2/t7-,10-/m1/s1. The van der Waals surface area contributed by atoms with E-state index in [0.29, 0.717) is 13.0 Å². The number of hydrogen-bond acceptors (Lipinski definition) is 1. The highest BCUT2D eigenvalue weighted by molar-refractivity contribution is 9.10. The Labute approximate surface area is 85.3 Å². The van der Waals surface area contributed by atoms with E-state index in [-0.39, 0.29) is 5.92 Å². The molecule has 3 heteroatoms. The van der Waals surface area contributed by atoms with Gasteiger partial charge in [0.1, 0.15) is 5.67 Å². The number of hydrogen-bond donors (Lipinski definition) is 1. The summed E-state index contributed by atoms with van der Waals surface area (Å²) in [6, 6.07) is 7.42. The van der Waals surface area contributed by atoms with Crippen molar-refractivity contribution in [3.05, 3.63) is 34.3 Å². The van der Waals surface area contributed by atoms with Crippen molar-refractivity contribution in [3.8, 4) is 0 Å². The second kappa shape index (κ2) is 3.07. The molecule has 1 aliphatic carbocycles. The van der Waals surface area contributed by atoms with Crippen LogP contribution in [-0.2, 0) is 5.67 Å². The molecule has 2 atom stereocenters. The van der Waals surface area contributed by atoms with Gasteiger partial charge < -0.3 is 5.73 Å². The Morgan fingerprint density at radius 3 is 2.77 bits per heavy atom. The molecule has 0 spiro atoms. The molecular weight excluding hydrogens is 233 g/mol. The Morgan fingerprint density at radius 2 is 2.23 bits per heavy atom. The maximum absolute atomic E-state index is 14.0. The summed E-state index contributed by atoms with van der Waals surface area (Å²) in [5, 5.41) is 0. The second-order valence-corrected chi connectivity index (χ2v) is 4.33. The zero-order valence-electron chi connectivity index (χ0n) is 7.13. The summed E-state index contributed by atoms with van der Waals surface area (Å²) < 4.78 is 14.9. The predicted octanol–water partition coefficient (Wildman–Crippen LogP) is 2.59. The zero-order valence-corrected chi connectivity index (χ0v) is 8.72. The van der Waals surface area contributed by atoms with Crippen LogP contribution in [0, 0.1) is 5.92 Å². The fraction of sp³-hybridized carbons (Fsp3) is 0.400. The van der Waals surface area contributed by atoms with Crippen LogP contribution in [-0.4, -0.2) is 6.54 Å². The van der Waals surface area contributed by atoms with Crippen LogP contribution in [0.15, 0.2) is 28.7 Å². The summed E-state index contributed by atoms with van der Waals surface area (Å²) in [6.07, 6.45) is 0.562. The molecule has 70 valence electrons. The van der Waals surface area contributed by atoms with E-state index in [0.717, 1.165) is 10.0 Å². The molecule has 0 bridgehead atoms. The van der Waals surface area contributed by atoms with Crippen molar-refractivity contribution in [1.29, 1.82) is 0 Å². The summed E-state index contributed by atoms with van der Waals surface area (Å²) in [4.78, 5) is 0. The largest absolute Gasteiger partial charge is 0.330 e. The lowest BCUT2D eigenvalue weighted by atomic mass is 10.1. The van der Waals surface area contributed by atoms with Crippen molar-refractivity contribution in [1.82, 2.24) is 0 Å². The predicted molar refractivity (Wildman–Crippen MR) is 54.1 cm³/mol. The second-order valence-electron chi connectivity index (χ2n) is 3.48. The lowest BCUT2D eigenvalue weighted by molar-refractivity contribution is 0.287. The highest BCUT2D eigenvalue weighted by Crippen LogP contribution is 2.56. The molecule has 0 aromatic heterocycles. The third-order valence-electron chi connectivity index (χ3n) is 2.64. The molecule has 2 rings (SSSR count). The molecule has 1 nitrogen and oxygen atoms in total. The van der Waals surface area contributed by atoms with E-state index >= 15 is 0 Å². The first-order valence-electron chi connectivity index (χ1n) is 4.32. The van der Waals surface area contributed by atoms with Gasteiger partial charge >= 0.3 is 0 Å². The zero-order chi connectivity index (χ0) is 9.47. The van der Waals surface area contributed by atoms with Crippen molar-refractivity contribution in [2.75, 3.05) is 6.54 Å². The molecule has 13 heavy (non-hydrogen) atoms. The van der Waals surface area contributed by atoms with Gasteiger partial charge in [0.05, 0.1) is 0 Å². The van der Waals surface area contributed by atoms with Crippen LogP contribution in [0.4, 0.5) is 4.39 Å². The Morgan fingerprint density at radius 1 is 1.54 bits per heavy atom. The van der Waals surface area contributed by atoms with Gasteiger partial charge in [0.25, 0.3) is 0 Å². The molecule has 1 aromatic carbocycles. The van der Waals surface area contributed by atoms with Crippen molar-refractivity contribution in [3.63, 3.8) is 0 Å². The molecule has 1 aliphatic rings. The summed E-state index contributed by atoms with van der Waals surface area (Å²) >= 11 is 3.35. The maximum atomic E-state index is 14.0. The molecule has 0 amide bonds. The Hall–Kier alpha value is -0.410. The highest BCUT2D eigenvalue weighted by Gasteiger charge is 2.56. The van der Waals surface area contributed by atoms with Gasteiger partial charge in [0.15, 0.2) is 0 Å². The van der Waals surface area contributed by atoms with Crippen molar-refractivity contribution < 1.29 is 4.39 Å². The minimum atomic E-state index is -1.17. The number of rotatable bonds is 2. The van der Waals surface area contributed by atoms with Crippen LogP contribution in [0.3, 0.4) is 0 Å². The van der Waals surface area contributed by atoms with Crippen LogP contribution in [0.25, 0.3) is 0 Å². The smallest absolute Gasteiger partial charge is 0.141 e. The van der Waals surface area contributed by atoms with Crippen LogP contribution >= 0.6 is 15.9 Å². The molecule has 0 heterocycles. The van der Waals surface area contributed by atoms with Gasteiger partial charge in [0.2, 0.25) is 0 Å². The average molecular weight is 244 g/mol. The molecule has 0 aliphatic heterocycles. The third-order valence-corrected chi connectivity index (χ3v) is 3.33. The number of alkyl halides is 1. The molecule has 1 fully saturated rings. The summed E-state index contributed by atoms with van der Waals surface area (Å²) in [6.45, 7) is 0.428. The average Bonchev–Trinajstić information content (AvgIpc) is 2.79. The summed E-state index contributed by atoms with van der Waals surface area (Å²) in [7, 11) is 0. The SMILES string of the molecule is NC[C@H]1C[C@]1(F)c1ccccc1Br. The van der Waals surface area contributed by atoms with E-state index < -0.39 is 5.67 Å². The number of nitrogens with two attached hydrogens (primary N) is 1. The van der Waals surface area contributed by atoms with Gasteiger partial charge in [-0.25, -0.2) is 4.39 Å². The first-order valence-corrected chi connectivity index (χ1v) is 5.12. The van der Waals surface area contributed by atoms with E-state index in [9.17, 15) is 4.39 Å². The number of halogens is 2. The molecule has 0 unspecified atom stereocenters. The highest BCUT2D eigenvalue weighted by atomic mass is 79.9. The molecule has 0 radical (unpaired) electrons. The van der Waals surface area contributed by atoms with Crippen molar-refractivity contribution >= 4 is 15.9 Å². The van der Waals surface area contributed by atoms with E-state index in [1.807, 2.05) is 24.3 Å². The van der Waals surface area contributed by atoms with Crippen LogP contribution in [0.2, 0.25) is 0 Å². The van der Waals surface area contributed by atoms with E-state index in [4.69, 9.17) is 5.73 Å². The first kappa shape index (κ1) is 9.16. The first-order chi connectivity index (χ1) is 6.18. The normalized spacial score (nSPS) is 31.8. The Kier molecular flexibility index (Phi) is 2.16. The van der Waals surface area contributed by atoms with Crippen molar-refractivity contribution in [2.45, 2.75) is 12.1 Å². The fourth-order valence-corrected chi connectivity index (χ4v) is 2.31. The monoisotopic (exact) mass is 243 g/mol. The van der Waals surface area contributed by atoms with Crippen molar-refractivity contribution in [2.24, 2.45) is 11.7 Å². The Balaban J connectivity index is 2.32. The fourth-order valence-electron chi connectivity index (χ4n) is 1.70. The lowest BCUT2D eigenvalue weighted by Gasteiger charge is -2.09. The minimum Gasteiger partial charge on any atom is -0.330 e. The van der Waals surface area contributed by atoms with Gasteiger partial charge in [-0.15, -0.1) is 0 Å². The van der Waals surface area contributed by atoms with E-state index in [1.54, 1.807) is 0 Å². The molecule has 0 saturated heterocycles. The maximum Gasteiger partial charge on any atom is 0.141 e. The quantitative estimate of drug-likeness (QED) is 0.850. The Bertz CT molecular complexity index is 328. The molecule has 1 saturated carbocycles. The van der Waals surface area contributed by atoms with Gasteiger partial charge in [-0.1, -0.05) is 34.1 Å². The third kappa shape index (κ3) is 1.40. The topological polar surface area (TPSA) is 26.0 Å². The van der Waals surface area contributed by atoms with E-state index in [1.165, 1.54) is 0 Å². The van der Waals surface area contributed by atoms with E-state index in [2.05, 4.69) is 15.9 Å². The van der Waals surface area contributed by atoms with Gasteiger partial charge in [-0.3, -0.25) is 0 Å². The van der Waals surface area contributed by atoms with Crippen LogP contribution < -0.4 is 5.73 Å². The summed E-state index contributed by atoms with van der Waals surface area (Å²) in [5.41, 5.74) is 5.01. The summed E-state index contributed by atoms with van der Waals surface area (Å²) in [5.74, 6) is 0.00574. The lowest BCUT2D eigenvalue weighted by Crippen LogP contribution is -2.10. The number of benzene rings is 1. The molecular formula is C10H11BrFN. The van der Waals surface area contributed by atoms with Gasteiger partial charge in [-0.05, 0) is 19.0 Å².